The molecule has 0 saturated heterocycles. The number of non-ortho nitro benzene ring substituents is 1. The summed E-state index contributed by atoms with van der Waals surface area (Å²) in [6.45, 7) is 0. The van der Waals surface area contributed by atoms with Crippen molar-refractivity contribution in [3.8, 4) is 0 Å². The highest BCUT2D eigenvalue weighted by Crippen LogP contribution is 2.22. The number of nitro benzene ring substituents is 1. The molecule has 0 aromatic heterocycles. The van der Waals surface area contributed by atoms with Gasteiger partial charge >= 0.3 is 0 Å². The fourth-order valence-electron chi connectivity index (χ4n) is 3.57. The van der Waals surface area contributed by atoms with E-state index in [1.165, 1.54) is 30.7 Å². The monoisotopic (exact) mass is 440 g/mol. The number of hydrogen-bond acceptors (Lipinski definition) is 5. The van der Waals surface area contributed by atoms with Crippen molar-refractivity contribution in [1.82, 2.24) is 10.6 Å². The Morgan fingerprint density at radius 3 is 2.32 bits per heavy atom. The Kier molecular flexibility index (Phi) is 7.30. The molecule has 8 nitrogen and oxygen atoms in total. The van der Waals surface area contributed by atoms with Crippen LogP contribution in [0.25, 0.3) is 0 Å². The Hall–Kier alpha value is -3.33. The third-order valence-electron chi connectivity index (χ3n) is 5.32. The highest BCUT2D eigenvalue weighted by molar-refractivity contribution is 7.80. The first-order chi connectivity index (χ1) is 14.9. The summed E-state index contributed by atoms with van der Waals surface area (Å²) in [5.41, 5.74) is 1.19. The van der Waals surface area contributed by atoms with Gasteiger partial charge in [-0.2, -0.15) is 0 Å². The van der Waals surface area contributed by atoms with E-state index in [1.807, 2.05) is 0 Å². The molecule has 0 aliphatic heterocycles. The minimum atomic E-state index is -0.532. The van der Waals surface area contributed by atoms with Crippen LogP contribution in [-0.4, -0.2) is 34.9 Å². The lowest BCUT2D eigenvalue weighted by molar-refractivity contribution is -0.384. The van der Waals surface area contributed by atoms with Gasteiger partial charge < -0.3 is 10.2 Å². The maximum Gasteiger partial charge on any atom is 0.269 e. The molecular formula is C22H24N4O4S. The van der Waals surface area contributed by atoms with E-state index < -0.39 is 10.8 Å². The average Bonchev–Trinajstić information content (AvgIpc) is 2.79. The van der Waals surface area contributed by atoms with Gasteiger partial charge in [0.2, 0.25) is 0 Å². The van der Waals surface area contributed by atoms with Gasteiger partial charge in [-0.15, -0.1) is 0 Å². The first-order valence-electron chi connectivity index (χ1n) is 10.1. The summed E-state index contributed by atoms with van der Waals surface area (Å²) < 4.78 is 0. The third-order valence-corrected chi connectivity index (χ3v) is 5.69. The summed E-state index contributed by atoms with van der Waals surface area (Å²) in [6, 6.07) is 12.5. The van der Waals surface area contributed by atoms with Gasteiger partial charge in [0.05, 0.1) is 16.2 Å². The number of rotatable bonds is 5. The van der Waals surface area contributed by atoms with Crippen LogP contribution >= 0.6 is 12.2 Å². The molecule has 0 heterocycles. The molecule has 1 fully saturated rings. The molecule has 2 aromatic rings. The number of nitrogens with one attached hydrogen (secondary N) is 2. The van der Waals surface area contributed by atoms with E-state index in [0.717, 1.165) is 25.7 Å². The van der Waals surface area contributed by atoms with Gasteiger partial charge in [-0.3, -0.25) is 25.0 Å². The van der Waals surface area contributed by atoms with Crippen molar-refractivity contribution in [3.05, 3.63) is 69.8 Å². The van der Waals surface area contributed by atoms with Crippen molar-refractivity contribution in [3.63, 3.8) is 0 Å². The zero-order chi connectivity index (χ0) is 22.4. The second-order valence-corrected chi connectivity index (χ2v) is 7.83. The zero-order valence-electron chi connectivity index (χ0n) is 17.2. The number of hydrogen-bond donors (Lipinski definition) is 2. The number of amides is 2. The van der Waals surface area contributed by atoms with Crippen LogP contribution in [0.2, 0.25) is 0 Å². The van der Waals surface area contributed by atoms with Crippen molar-refractivity contribution in [1.29, 1.82) is 0 Å². The third kappa shape index (κ3) is 5.64. The molecule has 31 heavy (non-hydrogen) atoms. The number of carbonyl (C=O) groups is 2. The largest absolute Gasteiger partial charge is 0.349 e. The van der Waals surface area contributed by atoms with Crippen LogP contribution in [0.3, 0.4) is 0 Å². The summed E-state index contributed by atoms with van der Waals surface area (Å²) >= 11 is 5.36. The molecule has 0 unspecified atom stereocenters. The molecule has 0 atom stereocenters. The minimum Gasteiger partial charge on any atom is -0.349 e. The van der Waals surface area contributed by atoms with Crippen molar-refractivity contribution in [2.24, 2.45) is 0 Å². The number of para-hydroxylation sites is 1. The molecule has 162 valence electrons. The summed E-state index contributed by atoms with van der Waals surface area (Å²) in [5, 5.41) is 16.6. The summed E-state index contributed by atoms with van der Waals surface area (Å²) in [5.74, 6) is -0.658. The molecule has 0 radical (unpaired) electrons. The second kappa shape index (κ2) is 10.1. The molecule has 2 amide bonds. The van der Waals surface area contributed by atoms with E-state index in [-0.39, 0.29) is 28.3 Å². The van der Waals surface area contributed by atoms with Crippen LogP contribution in [0.4, 0.5) is 11.4 Å². The molecule has 1 aliphatic carbocycles. The number of nitro groups is 1. The predicted octanol–water partition coefficient (Wildman–Crippen LogP) is 3.81. The Morgan fingerprint density at radius 2 is 1.68 bits per heavy atom. The standard InChI is InChI=1S/C22H24N4O4S/c1-25(22(31)24-20(27)15-11-13-17(14-12-15)26(29)30)19-10-6-5-9-18(19)21(28)23-16-7-3-2-4-8-16/h5-6,9-14,16H,2-4,7-8H2,1H3,(H,23,28)(H,24,27,31). The Bertz CT molecular complexity index is 987. The van der Waals surface area contributed by atoms with Gasteiger partial charge in [-0.05, 0) is 49.3 Å². The van der Waals surface area contributed by atoms with E-state index in [1.54, 1.807) is 36.2 Å². The van der Waals surface area contributed by atoms with Gasteiger partial charge in [0.25, 0.3) is 17.5 Å². The van der Waals surface area contributed by atoms with E-state index in [9.17, 15) is 19.7 Å². The number of nitrogens with zero attached hydrogens (tertiary/aromatic N) is 2. The highest BCUT2D eigenvalue weighted by Gasteiger charge is 2.21. The first-order valence-corrected chi connectivity index (χ1v) is 10.5. The highest BCUT2D eigenvalue weighted by atomic mass is 32.1. The van der Waals surface area contributed by atoms with Crippen LogP contribution in [0.5, 0.6) is 0 Å². The number of carbonyl (C=O) groups excluding carboxylic acids is 2. The molecule has 9 heteroatoms. The first kappa shape index (κ1) is 22.4. The smallest absolute Gasteiger partial charge is 0.269 e. The minimum absolute atomic E-state index is 0.103. The molecule has 0 bridgehead atoms. The molecule has 2 aromatic carbocycles. The number of anilines is 1. The molecule has 1 saturated carbocycles. The number of benzene rings is 2. The molecule has 1 aliphatic rings. The predicted molar refractivity (Wildman–Crippen MR) is 122 cm³/mol. The quantitative estimate of drug-likeness (QED) is 0.416. The topological polar surface area (TPSA) is 105 Å². The Morgan fingerprint density at radius 1 is 1.03 bits per heavy atom. The van der Waals surface area contributed by atoms with E-state index >= 15 is 0 Å². The van der Waals surface area contributed by atoms with Crippen LogP contribution < -0.4 is 15.5 Å². The molecule has 0 spiro atoms. The lowest BCUT2D eigenvalue weighted by Crippen LogP contribution is -2.42. The fraction of sp³-hybridized carbons (Fsp3) is 0.318. The molecule has 2 N–H and O–H groups in total. The normalized spacial score (nSPS) is 13.8. The summed E-state index contributed by atoms with van der Waals surface area (Å²) in [6.07, 6.45) is 5.39. The second-order valence-electron chi connectivity index (χ2n) is 7.45. The van der Waals surface area contributed by atoms with E-state index in [0.29, 0.717) is 11.3 Å². The van der Waals surface area contributed by atoms with Crippen LogP contribution in [0, 0.1) is 10.1 Å². The average molecular weight is 441 g/mol. The van der Waals surface area contributed by atoms with Gasteiger partial charge in [-0.25, -0.2) is 0 Å². The SMILES string of the molecule is CN(C(=S)NC(=O)c1ccc([N+](=O)[O-])cc1)c1ccccc1C(=O)NC1CCCCC1. The maximum absolute atomic E-state index is 12.9. The fourth-order valence-corrected chi connectivity index (χ4v) is 3.76. The van der Waals surface area contributed by atoms with Gasteiger partial charge in [0, 0.05) is 30.8 Å². The van der Waals surface area contributed by atoms with Crippen LogP contribution in [-0.2, 0) is 0 Å². The van der Waals surface area contributed by atoms with Gasteiger partial charge in [0.15, 0.2) is 5.11 Å². The molecule has 3 rings (SSSR count). The van der Waals surface area contributed by atoms with Gasteiger partial charge in [-0.1, -0.05) is 31.4 Å². The van der Waals surface area contributed by atoms with Crippen molar-refractivity contribution >= 4 is 40.5 Å². The van der Waals surface area contributed by atoms with Crippen molar-refractivity contribution < 1.29 is 14.5 Å². The van der Waals surface area contributed by atoms with E-state index in [4.69, 9.17) is 12.2 Å². The lowest BCUT2D eigenvalue weighted by atomic mass is 9.95. The van der Waals surface area contributed by atoms with Crippen LogP contribution in [0.1, 0.15) is 52.8 Å². The summed E-state index contributed by atoms with van der Waals surface area (Å²) in [4.78, 5) is 37.1. The lowest BCUT2D eigenvalue weighted by Gasteiger charge is -2.26. The zero-order valence-corrected chi connectivity index (χ0v) is 18.0. The van der Waals surface area contributed by atoms with Gasteiger partial charge in [0.1, 0.15) is 0 Å². The van der Waals surface area contributed by atoms with Crippen molar-refractivity contribution in [2.75, 3.05) is 11.9 Å². The van der Waals surface area contributed by atoms with E-state index in [2.05, 4.69) is 10.6 Å². The number of thiocarbonyl (C=S) groups is 1. The summed E-state index contributed by atoms with van der Waals surface area (Å²) in [7, 11) is 1.67. The van der Waals surface area contributed by atoms with Crippen molar-refractivity contribution in [2.45, 2.75) is 38.1 Å². The molecular weight excluding hydrogens is 416 g/mol. The Balaban J connectivity index is 1.69. The Labute approximate surface area is 185 Å². The maximum atomic E-state index is 12.9. The van der Waals surface area contributed by atoms with Crippen LogP contribution in [0.15, 0.2) is 48.5 Å².